The lowest BCUT2D eigenvalue weighted by Crippen LogP contribution is -3.00. The van der Waals surface area contributed by atoms with Crippen LogP contribution in [-0.4, -0.2) is 30.2 Å². The Bertz CT molecular complexity index is 1000. The van der Waals surface area contributed by atoms with Crippen LogP contribution >= 0.6 is 0 Å². The number of hydrogen-bond donors (Lipinski definition) is 1. The van der Waals surface area contributed by atoms with Gasteiger partial charge in [0.25, 0.3) is 0 Å². The molecule has 1 aliphatic carbocycles. The van der Waals surface area contributed by atoms with Gasteiger partial charge in [0.2, 0.25) is 0 Å². The van der Waals surface area contributed by atoms with Crippen molar-refractivity contribution in [3.05, 3.63) is 95.6 Å². The van der Waals surface area contributed by atoms with Gasteiger partial charge in [-0.15, -0.1) is 0 Å². The third kappa shape index (κ3) is 4.23. The molecule has 0 spiro atoms. The molecule has 0 radical (unpaired) electrons. The Balaban J connectivity index is 0.00000240. The third-order valence-corrected chi connectivity index (χ3v) is 5.49. The average Bonchev–Trinajstić information content (AvgIpc) is 2.96. The van der Waals surface area contributed by atoms with E-state index in [-0.39, 0.29) is 12.4 Å². The molecule has 3 heteroatoms. The van der Waals surface area contributed by atoms with Gasteiger partial charge in [0.1, 0.15) is 6.54 Å². The van der Waals surface area contributed by atoms with Gasteiger partial charge in [-0.2, -0.15) is 0 Å². The third-order valence-electron chi connectivity index (χ3n) is 5.49. The number of rotatable bonds is 4. The zero-order valence-electron chi connectivity index (χ0n) is 16.9. The van der Waals surface area contributed by atoms with Gasteiger partial charge in [0, 0.05) is 16.7 Å². The number of benzene rings is 3. The molecule has 1 N–H and O–H groups in total. The fourth-order valence-electron chi connectivity index (χ4n) is 4.05. The first-order valence-electron chi connectivity index (χ1n) is 9.77. The van der Waals surface area contributed by atoms with Crippen molar-refractivity contribution in [2.45, 2.75) is 18.6 Å². The van der Waals surface area contributed by atoms with E-state index in [9.17, 15) is 5.11 Å². The summed E-state index contributed by atoms with van der Waals surface area (Å²) < 4.78 is 0.865. The molecule has 0 aromatic heterocycles. The fraction of sp³-hybridized carbons (Fsp3) is 0.231. The van der Waals surface area contributed by atoms with Crippen molar-refractivity contribution in [1.29, 1.82) is 0 Å². The Morgan fingerprint density at radius 1 is 0.793 bits per heavy atom. The van der Waals surface area contributed by atoms with Gasteiger partial charge in [0.05, 0.1) is 27.1 Å². The van der Waals surface area contributed by atoms with Crippen molar-refractivity contribution in [1.82, 2.24) is 0 Å². The maximum absolute atomic E-state index is 11.5. The number of nitrogens with zero attached hydrogens (tertiary/aromatic N) is 1. The van der Waals surface area contributed by atoms with Gasteiger partial charge in [-0.1, -0.05) is 90.7 Å². The quantitative estimate of drug-likeness (QED) is 0.518. The van der Waals surface area contributed by atoms with Gasteiger partial charge < -0.3 is 22.0 Å². The Morgan fingerprint density at radius 2 is 1.31 bits per heavy atom. The highest BCUT2D eigenvalue weighted by molar-refractivity contribution is 5.81. The molecule has 3 aromatic rings. The number of quaternary nitrogens is 1. The molecule has 0 heterocycles. The molecule has 0 bridgehead atoms. The topological polar surface area (TPSA) is 20.2 Å². The Kier molecular flexibility index (Phi) is 6.15. The molecule has 0 aliphatic heterocycles. The molecule has 2 nitrogen and oxygen atoms in total. The summed E-state index contributed by atoms with van der Waals surface area (Å²) in [5.74, 6) is 6.48. The highest BCUT2D eigenvalue weighted by Gasteiger charge is 2.39. The van der Waals surface area contributed by atoms with Gasteiger partial charge in [-0.3, -0.25) is 0 Å². The monoisotopic (exact) mass is 403 g/mol. The molecule has 1 aliphatic rings. The summed E-state index contributed by atoms with van der Waals surface area (Å²) in [6.07, 6.45) is 0.743. The van der Waals surface area contributed by atoms with E-state index in [2.05, 4.69) is 62.3 Å². The Morgan fingerprint density at radius 3 is 1.90 bits per heavy atom. The van der Waals surface area contributed by atoms with E-state index in [1.807, 2.05) is 42.5 Å². The highest BCUT2D eigenvalue weighted by atomic mass is 35.5. The summed E-state index contributed by atoms with van der Waals surface area (Å²) in [5.41, 5.74) is 4.05. The van der Waals surface area contributed by atoms with Crippen LogP contribution in [0.2, 0.25) is 0 Å². The predicted molar refractivity (Wildman–Crippen MR) is 114 cm³/mol. The summed E-state index contributed by atoms with van der Waals surface area (Å²) in [7, 11) is 4.45. The molecule has 0 fully saturated rings. The lowest BCUT2D eigenvalue weighted by molar-refractivity contribution is -0.903. The minimum Gasteiger partial charge on any atom is -1.00 e. The normalized spacial score (nSPS) is 13.5. The molecule has 0 saturated carbocycles. The number of fused-ring (bicyclic) bond motifs is 3. The average molecular weight is 404 g/mol. The van der Waals surface area contributed by atoms with Crippen LogP contribution < -0.4 is 12.4 Å². The largest absolute Gasteiger partial charge is 1.00 e. The first-order valence-corrected chi connectivity index (χ1v) is 9.77. The molecule has 0 unspecified atom stereocenters. The van der Waals surface area contributed by atoms with Crippen LogP contribution in [0.5, 0.6) is 0 Å². The maximum atomic E-state index is 11.5. The van der Waals surface area contributed by atoms with Crippen LogP contribution in [0, 0.1) is 11.8 Å². The highest BCUT2D eigenvalue weighted by Crippen LogP contribution is 2.46. The molecule has 4 rings (SSSR count). The molecular formula is C26H26ClNO. The minimum atomic E-state index is -1.22. The SMILES string of the molecule is C[N+](C)(CCC#CC1(O)c2ccccc2-c2ccccc21)Cc1ccccc1.[Cl-]. The Labute approximate surface area is 179 Å². The van der Waals surface area contributed by atoms with E-state index in [0.29, 0.717) is 0 Å². The summed E-state index contributed by atoms with van der Waals surface area (Å²) in [5, 5.41) is 11.5. The van der Waals surface area contributed by atoms with Crippen molar-refractivity contribution < 1.29 is 22.0 Å². The smallest absolute Gasteiger partial charge is 0.178 e. The molecule has 0 saturated heterocycles. The number of aliphatic hydroxyl groups is 1. The fourth-order valence-corrected chi connectivity index (χ4v) is 4.05. The van der Waals surface area contributed by atoms with E-state index < -0.39 is 5.60 Å². The van der Waals surface area contributed by atoms with E-state index in [1.165, 1.54) is 5.56 Å². The van der Waals surface area contributed by atoms with Crippen LogP contribution in [0.25, 0.3) is 11.1 Å². The second-order valence-electron chi connectivity index (χ2n) is 8.16. The number of hydrogen-bond acceptors (Lipinski definition) is 1. The van der Waals surface area contributed by atoms with Crippen molar-refractivity contribution in [3.8, 4) is 23.0 Å². The first kappa shape index (κ1) is 21.1. The van der Waals surface area contributed by atoms with Gasteiger partial charge in [-0.05, 0) is 11.1 Å². The van der Waals surface area contributed by atoms with Crippen LogP contribution in [0.15, 0.2) is 78.9 Å². The van der Waals surface area contributed by atoms with E-state index in [1.54, 1.807) is 0 Å². The standard InChI is InChI=1S/C26H26NO.ClH/c1-27(2,20-21-12-4-3-5-13-21)19-11-10-18-26(28)24-16-8-6-14-22(24)23-15-7-9-17-25(23)26;/h3-9,12-17,28H,11,19-20H2,1-2H3;1H/q+1;/p-1. The van der Waals surface area contributed by atoms with Gasteiger partial charge in [-0.25, -0.2) is 0 Å². The van der Waals surface area contributed by atoms with Gasteiger partial charge >= 0.3 is 0 Å². The molecule has 3 aromatic carbocycles. The van der Waals surface area contributed by atoms with E-state index in [4.69, 9.17) is 0 Å². The van der Waals surface area contributed by atoms with Crippen molar-refractivity contribution in [2.75, 3.05) is 20.6 Å². The second-order valence-corrected chi connectivity index (χ2v) is 8.16. The molecule has 0 amide bonds. The van der Waals surface area contributed by atoms with E-state index >= 15 is 0 Å². The molecule has 0 atom stereocenters. The van der Waals surface area contributed by atoms with Crippen molar-refractivity contribution in [2.24, 2.45) is 0 Å². The van der Waals surface area contributed by atoms with Crippen LogP contribution in [0.3, 0.4) is 0 Å². The van der Waals surface area contributed by atoms with Gasteiger partial charge in [0.15, 0.2) is 5.60 Å². The van der Waals surface area contributed by atoms with E-state index in [0.717, 1.165) is 46.2 Å². The summed E-state index contributed by atoms with van der Waals surface area (Å²) in [6.45, 7) is 1.90. The maximum Gasteiger partial charge on any atom is 0.178 e. The first-order chi connectivity index (χ1) is 13.5. The summed E-state index contributed by atoms with van der Waals surface area (Å²) in [6, 6.07) is 26.6. The van der Waals surface area contributed by atoms with Crippen LogP contribution in [-0.2, 0) is 12.1 Å². The second kappa shape index (κ2) is 8.43. The molecule has 148 valence electrons. The zero-order valence-corrected chi connectivity index (χ0v) is 17.7. The molecule has 29 heavy (non-hydrogen) atoms. The van der Waals surface area contributed by atoms with Crippen molar-refractivity contribution >= 4 is 0 Å². The van der Waals surface area contributed by atoms with Crippen molar-refractivity contribution in [3.63, 3.8) is 0 Å². The predicted octanol–water partition coefficient (Wildman–Crippen LogP) is 1.58. The van der Waals surface area contributed by atoms with Crippen LogP contribution in [0.4, 0.5) is 0 Å². The van der Waals surface area contributed by atoms with Crippen LogP contribution in [0.1, 0.15) is 23.1 Å². The Hall–Kier alpha value is -2.57. The summed E-state index contributed by atoms with van der Waals surface area (Å²) >= 11 is 0. The number of halogens is 1. The lowest BCUT2D eigenvalue weighted by Gasteiger charge is -2.29. The minimum absolute atomic E-state index is 0. The molecular weight excluding hydrogens is 378 g/mol. The summed E-state index contributed by atoms with van der Waals surface area (Å²) in [4.78, 5) is 0. The zero-order chi connectivity index (χ0) is 19.6. The lowest BCUT2D eigenvalue weighted by atomic mass is 9.92.